The van der Waals surface area contributed by atoms with E-state index in [0.29, 0.717) is 0 Å². The van der Waals surface area contributed by atoms with E-state index in [1.54, 1.807) is 0 Å². The predicted molar refractivity (Wildman–Crippen MR) is 37.3 cm³/mol. The Morgan fingerprint density at radius 3 is 1.71 bits per heavy atom. The lowest BCUT2D eigenvalue weighted by atomic mass is 15.8. The van der Waals surface area contributed by atoms with Crippen molar-refractivity contribution in [3.63, 3.8) is 0 Å². The summed E-state index contributed by atoms with van der Waals surface area (Å²) < 4.78 is 4.22. The molecule has 0 spiro atoms. The van der Waals surface area contributed by atoms with Gasteiger partial charge in [0.25, 0.3) is 0 Å². The summed E-state index contributed by atoms with van der Waals surface area (Å²) in [7, 11) is -2.26. The highest BCUT2D eigenvalue weighted by Gasteiger charge is 2.02. The van der Waals surface area contributed by atoms with E-state index in [2.05, 4.69) is 28.8 Å². The van der Waals surface area contributed by atoms with Gasteiger partial charge in [0.2, 0.25) is 0 Å². The van der Waals surface area contributed by atoms with Crippen LogP contribution in [0.15, 0.2) is 0 Å². The van der Waals surface area contributed by atoms with E-state index in [-0.39, 0.29) is 0 Å². The average molecular weight is 178 g/mol. The maximum absolute atomic E-state index is 8.04. The van der Waals surface area contributed by atoms with Crippen molar-refractivity contribution in [2.24, 2.45) is 0 Å². The van der Waals surface area contributed by atoms with E-state index in [9.17, 15) is 0 Å². The largest absolute Gasteiger partial charge is 0.332 e. The molecule has 0 bridgehead atoms. The van der Waals surface area contributed by atoms with Crippen LogP contribution in [-0.2, 0) is 4.31 Å². The summed E-state index contributed by atoms with van der Waals surface area (Å²) in [5, 5.41) is 0. The molecule has 2 N–H and O–H groups in total. The maximum atomic E-state index is 8.04. The van der Waals surface area contributed by atoms with Gasteiger partial charge < -0.3 is 9.79 Å². The van der Waals surface area contributed by atoms with Gasteiger partial charge in [0, 0.05) is 0 Å². The van der Waals surface area contributed by atoms with Gasteiger partial charge in [0.15, 0.2) is 6.55 Å². The van der Waals surface area contributed by atoms with Gasteiger partial charge >= 0.3 is 8.60 Å². The Labute approximate surface area is 54.2 Å². The van der Waals surface area contributed by atoms with Crippen LogP contribution in [-0.4, -0.2) is 9.79 Å². The lowest BCUT2D eigenvalue weighted by molar-refractivity contribution is 0.395. The van der Waals surface area contributed by atoms with Crippen molar-refractivity contribution in [1.29, 1.82) is 0 Å². The molecule has 0 unspecified atom stereocenters. The molecule has 7 heteroatoms. The zero-order valence-corrected chi connectivity index (χ0v) is 6.67. The highest BCUT2D eigenvalue weighted by molar-refractivity contribution is 8.77. The Bertz CT molecular complexity index is 40.2. The minimum Gasteiger partial charge on any atom is -0.328 e. The van der Waals surface area contributed by atoms with Gasteiger partial charge in [-0.15, -0.1) is 24.5 Å². The number of hydrogen-bond donors (Lipinski definition) is 4. The summed E-state index contributed by atoms with van der Waals surface area (Å²) in [6.45, 7) is -1.22. The summed E-state index contributed by atoms with van der Waals surface area (Å²) >= 11 is 7.28. The Morgan fingerprint density at radius 1 is 1.29 bits per heavy atom. The molecule has 0 saturated heterocycles. The molecule has 0 aromatic heterocycles. The normalized spacial score (nSPS) is 11.1. The molecular formula is H4O3P2S2. The lowest BCUT2D eigenvalue weighted by Gasteiger charge is -2.02. The second kappa shape index (κ2) is 4.33. The van der Waals surface area contributed by atoms with Crippen LogP contribution in [0.2, 0.25) is 0 Å². The third-order valence-corrected chi connectivity index (χ3v) is 2.63. The van der Waals surface area contributed by atoms with Crippen molar-refractivity contribution in [3.05, 3.63) is 0 Å². The van der Waals surface area contributed by atoms with Gasteiger partial charge in [0.1, 0.15) is 0 Å². The van der Waals surface area contributed by atoms with E-state index < -0.39 is 15.2 Å². The van der Waals surface area contributed by atoms with Crippen LogP contribution in [0.4, 0.5) is 0 Å². The maximum Gasteiger partial charge on any atom is 0.332 e. The smallest absolute Gasteiger partial charge is 0.328 e. The first-order chi connectivity index (χ1) is 3.13. The third-order valence-electron chi connectivity index (χ3n) is 0.146. The van der Waals surface area contributed by atoms with Crippen molar-refractivity contribution >= 4 is 39.7 Å². The predicted octanol–water partition coefficient (Wildman–Crippen LogP) is 1.30. The highest BCUT2D eigenvalue weighted by Crippen LogP contribution is 2.55. The van der Waals surface area contributed by atoms with Crippen LogP contribution in [0, 0.1) is 0 Å². The van der Waals surface area contributed by atoms with E-state index in [1.165, 1.54) is 0 Å². The molecule has 0 aromatic carbocycles. The Kier molecular flexibility index (Phi) is 5.22. The molecule has 0 atom stereocenters. The van der Waals surface area contributed by atoms with Crippen molar-refractivity contribution in [2.75, 3.05) is 0 Å². The third kappa shape index (κ3) is 7.44. The molecule has 0 radical (unpaired) electrons. The van der Waals surface area contributed by atoms with Crippen molar-refractivity contribution in [3.8, 4) is 0 Å². The Hall–Kier alpha value is 1.44. The Morgan fingerprint density at radius 2 is 1.71 bits per heavy atom. The summed E-state index contributed by atoms with van der Waals surface area (Å²) in [5.74, 6) is 0. The van der Waals surface area contributed by atoms with Crippen molar-refractivity contribution < 1.29 is 14.1 Å². The zero-order chi connectivity index (χ0) is 5.86. The van der Waals surface area contributed by atoms with Crippen LogP contribution >= 0.6 is 39.7 Å². The minimum absolute atomic E-state index is 1.22. The van der Waals surface area contributed by atoms with Crippen LogP contribution in [0.3, 0.4) is 0 Å². The van der Waals surface area contributed by atoms with E-state index >= 15 is 0 Å². The molecule has 7 heavy (non-hydrogen) atoms. The molecule has 0 aliphatic rings. The van der Waals surface area contributed by atoms with Gasteiger partial charge in [0.05, 0.1) is 0 Å². The fraction of sp³-hybridized carbons (Fsp3) is 0. The van der Waals surface area contributed by atoms with Gasteiger partial charge in [-0.2, -0.15) is 0 Å². The molecule has 0 aliphatic heterocycles. The first-order valence-electron chi connectivity index (χ1n) is 1.17. The van der Waals surface area contributed by atoms with E-state index in [1.807, 2.05) is 0 Å². The molecule has 0 aliphatic carbocycles. The monoisotopic (exact) mass is 178 g/mol. The minimum atomic E-state index is -2.26. The second-order valence-corrected chi connectivity index (χ2v) is 5.38. The average Bonchev–Trinajstić information content (AvgIpc) is 1.27. The van der Waals surface area contributed by atoms with E-state index in [0.717, 1.165) is 0 Å². The molecule has 0 rings (SSSR count). The van der Waals surface area contributed by atoms with Crippen LogP contribution in [0.1, 0.15) is 0 Å². The number of hydrogen-bond acceptors (Lipinski definition) is 5. The molecule has 0 heterocycles. The summed E-state index contributed by atoms with van der Waals surface area (Å²) in [6, 6.07) is 0. The SMILES string of the molecule is OP(O)OP(S)S. The molecule has 0 saturated carbocycles. The lowest BCUT2D eigenvalue weighted by Crippen LogP contribution is -1.65. The molecule has 3 nitrogen and oxygen atoms in total. The first kappa shape index (κ1) is 8.44. The topological polar surface area (TPSA) is 49.7 Å². The Balaban J connectivity index is 2.95. The van der Waals surface area contributed by atoms with Crippen molar-refractivity contribution in [2.45, 2.75) is 0 Å². The molecule has 0 aromatic rings. The highest BCUT2D eigenvalue weighted by atomic mass is 33.1. The molecule has 44 valence electrons. The fourth-order valence-corrected chi connectivity index (χ4v) is 1.76. The first-order valence-corrected chi connectivity index (χ1v) is 5.90. The zero-order valence-electron chi connectivity index (χ0n) is 3.09. The second-order valence-electron chi connectivity index (χ2n) is 0.587. The molecule has 0 amide bonds. The summed E-state index contributed by atoms with van der Waals surface area (Å²) in [6.07, 6.45) is 0. The van der Waals surface area contributed by atoms with Gasteiger partial charge in [-0.25, -0.2) is 0 Å². The molecular weight excluding hydrogens is 174 g/mol. The van der Waals surface area contributed by atoms with Gasteiger partial charge in [-0.3, -0.25) is 4.31 Å². The summed E-state index contributed by atoms with van der Waals surface area (Å²) in [4.78, 5) is 16.1. The van der Waals surface area contributed by atoms with Gasteiger partial charge in [-0.05, 0) is 0 Å². The summed E-state index contributed by atoms with van der Waals surface area (Å²) in [5.41, 5.74) is 0. The standard InChI is InChI=1S/H4O3P2S2/c1-4(2)3-5(6)7/h1-2,6-7H. The fourth-order valence-electron chi connectivity index (χ4n) is 0.0653. The quantitative estimate of drug-likeness (QED) is 0.381. The number of thiol groups is 2. The van der Waals surface area contributed by atoms with Crippen LogP contribution in [0.25, 0.3) is 0 Å². The van der Waals surface area contributed by atoms with Crippen molar-refractivity contribution in [1.82, 2.24) is 0 Å². The van der Waals surface area contributed by atoms with Crippen LogP contribution in [0.5, 0.6) is 0 Å². The van der Waals surface area contributed by atoms with E-state index in [4.69, 9.17) is 9.79 Å². The molecule has 0 fully saturated rings. The van der Waals surface area contributed by atoms with Gasteiger partial charge in [-0.1, -0.05) is 0 Å². The van der Waals surface area contributed by atoms with Crippen LogP contribution < -0.4 is 0 Å². The number of rotatable bonds is 2.